The molecule has 2 nitrogen and oxygen atoms in total. The fourth-order valence-corrected chi connectivity index (χ4v) is 3.71. The van der Waals surface area contributed by atoms with Crippen LogP contribution in [0.1, 0.15) is 42.6 Å². The molecule has 1 aromatic carbocycles. The zero-order chi connectivity index (χ0) is 15.6. The number of benzene rings is 1. The number of halogens is 2. The number of aromatic nitrogens is 1. The lowest BCUT2D eigenvalue weighted by Gasteiger charge is -2.14. The molecule has 2 aromatic rings. The molecule has 114 valence electrons. The highest BCUT2D eigenvalue weighted by Crippen LogP contribution is 2.31. The van der Waals surface area contributed by atoms with Crippen molar-refractivity contribution in [3.05, 3.63) is 43.8 Å². The Hall–Kier alpha value is -0.580. The second-order valence-corrected chi connectivity index (χ2v) is 8.14. The van der Waals surface area contributed by atoms with Crippen LogP contribution in [0, 0.1) is 6.92 Å². The van der Waals surface area contributed by atoms with Gasteiger partial charge in [0.25, 0.3) is 0 Å². The zero-order valence-corrected chi connectivity index (χ0v) is 15.8. The van der Waals surface area contributed by atoms with Gasteiger partial charge in [-0.2, -0.15) is 0 Å². The maximum Gasteiger partial charge on any atom is 0.140 e. The minimum Gasteiger partial charge on any atom is -0.486 e. The van der Waals surface area contributed by atoms with Crippen molar-refractivity contribution in [1.29, 1.82) is 0 Å². The molecule has 0 unspecified atom stereocenters. The highest BCUT2D eigenvalue weighted by atomic mass is 79.9. The van der Waals surface area contributed by atoms with Gasteiger partial charge in [-0.3, -0.25) is 0 Å². The molecule has 21 heavy (non-hydrogen) atoms. The molecule has 5 heteroatoms. The lowest BCUT2D eigenvalue weighted by Crippen LogP contribution is -2.11. The van der Waals surface area contributed by atoms with Gasteiger partial charge in [-0.1, -0.05) is 36.7 Å². The fraction of sp³-hybridized carbons (Fsp3) is 0.438. The van der Waals surface area contributed by atoms with Crippen molar-refractivity contribution in [2.24, 2.45) is 0 Å². The normalized spacial score (nSPS) is 11.7. The van der Waals surface area contributed by atoms with Crippen LogP contribution in [-0.2, 0) is 17.9 Å². The molecule has 0 aliphatic rings. The standard InChI is InChI=1S/C16H19BrClNOS/c1-10-5-12(17)6-11(7-18)15(10)20-8-14-19-13(9-21-14)16(2,3)4/h5-6,9H,7-8H2,1-4H3. The molecule has 0 spiro atoms. The lowest BCUT2D eigenvalue weighted by molar-refractivity contribution is 0.300. The molecule has 0 amide bonds. The molecule has 0 aliphatic carbocycles. The van der Waals surface area contributed by atoms with Crippen molar-refractivity contribution in [3.63, 3.8) is 0 Å². The maximum absolute atomic E-state index is 6.01. The molecule has 1 aromatic heterocycles. The van der Waals surface area contributed by atoms with Gasteiger partial charge in [0.1, 0.15) is 17.4 Å². The van der Waals surface area contributed by atoms with E-state index in [1.54, 1.807) is 11.3 Å². The average molecular weight is 389 g/mol. The molecule has 0 fully saturated rings. The smallest absolute Gasteiger partial charge is 0.140 e. The molecule has 0 saturated carbocycles. The Morgan fingerprint density at radius 2 is 2.05 bits per heavy atom. The van der Waals surface area contributed by atoms with Gasteiger partial charge in [0, 0.05) is 20.8 Å². The molecule has 1 heterocycles. The van der Waals surface area contributed by atoms with E-state index in [2.05, 4.69) is 47.1 Å². The monoisotopic (exact) mass is 387 g/mol. The summed E-state index contributed by atoms with van der Waals surface area (Å²) in [7, 11) is 0. The number of nitrogens with zero attached hydrogens (tertiary/aromatic N) is 1. The van der Waals surface area contributed by atoms with Crippen LogP contribution in [0.2, 0.25) is 0 Å². The summed E-state index contributed by atoms with van der Waals surface area (Å²) in [6.07, 6.45) is 0. The first-order valence-electron chi connectivity index (χ1n) is 6.74. The molecule has 2 rings (SSSR count). The van der Waals surface area contributed by atoms with E-state index in [0.29, 0.717) is 12.5 Å². The molecular weight excluding hydrogens is 370 g/mol. The van der Waals surface area contributed by atoms with Crippen LogP contribution in [0.25, 0.3) is 0 Å². The zero-order valence-electron chi connectivity index (χ0n) is 12.7. The number of ether oxygens (including phenoxy) is 1. The van der Waals surface area contributed by atoms with Crippen LogP contribution >= 0.6 is 38.9 Å². The van der Waals surface area contributed by atoms with E-state index in [9.17, 15) is 0 Å². The van der Waals surface area contributed by atoms with Gasteiger partial charge in [-0.05, 0) is 24.6 Å². The minimum atomic E-state index is 0.0730. The van der Waals surface area contributed by atoms with E-state index >= 15 is 0 Å². The lowest BCUT2D eigenvalue weighted by atomic mass is 9.93. The molecular formula is C16H19BrClNOS. The van der Waals surface area contributed by atoms with Crippen LogP contribution in [0.5, 0.6) is 5.75 Å². The largest absolute Gasteiger partial charge is 0.486 e. The molecule has 0 N–H and O–H groups in total. The Labute approximate surface area is 143 Å². The third-order valence-corrected chi connectivity index (χ3v) is 4.69. The first-order chi connectivity index (χ1) is 9.81. The topological polar surface area (TPSA) is 22.1 Å². The van der Waals surface area contributed by atoms with Crippen LogP contribution in [-0.4, -0.2) is 4.98 Å². The van der Waals surface area contributed by atoms with E-state index in [4.69, 9.17) is 16.3 Å². The Kier molecular flexibility index (Phi) is 5.33. The summed E-state index contributed by atoms with van der Waals surface area (Å²) >= 11 is 11.1. The molecule has 0 radical (unpaired) electrons. The molecule has 0 atom stereocenters. The summed E-state index contributed by atoms with van der Waals surface area (Å²) in [5.41, 5.74) is 3.25. The van der Waals surface area contributed by atoms with E-state index in [1.807, 2.05) is 19.1 Å². The van der Waals surface area contributed by atoms with Gasteiger partial charge < -0.3 is 4.74 Å². The van der Waals surface area contributed by atoms with Crippen LogP contribution < -0.4 is 4.74 Å². The van der Waals surface area contributed by atoms with Gasteiger partial charge in [0.2, 0.25) is 0 Å². The minimum absolute atomic E-state index is 0.0730. The van der Waals surface area contributed by atoms with Crippen molar-refractivity contribution in [1.82, 2.24) is 4.98 Å². The number of thiazole rings is 1. The summed E-state index contributed by atoms with van der Waals surface area (Å²) < 4.78 is 6.99. The van der Waals surface area contributed by atoms with Gasteiger partial charge in [0.05, 0.1) is 11.6 Å². The van der Waals surface area contributed by atoms with Crippen molar-refractivity contribution < 1.29 is 4.74 Å². The van der Waals surface area contributed by atoms with Gasteiger partial charge in [-0.25, -0.2) is 4.98 Å². The number of alkyl halides is 1. The van der Waals surface area contributed by atoms with E-state index in [1.165, 1.54) is 0 Å². The first-order valence-corrected chi connectivity index (χ1v) is 8.94. The Balaban J connectivity index is 2.15. The number of hydrogen-bond acceptors (Lipinski definition) is 3. The molecule has 0 aliphatic heterocycles. The third-order valence-electron chi connectivity index (χ3n) is 3.12. The van der Waals surface area contributed by atoms with Gasteiger partial charge in [0.15, 0.2) is 0 Å². The second kappa shape index (κ2) is 6.67. The summed E-state index contributed by atoms with van der Waals surface area (Å²) in [4.78, 5) is 4.65. The number of rotatable bonds is 4. The number of hydrogen-bond donors (Lipinski definition) is 0. The van der Waals surface area contributed by atoms with Crippen LogP contribution in [0.3, 0.4) is 0 Å². The Morgan fingerprint density at radius 3 is 2.62 bits per heavy atom. The fourth-order valence-electron chi connectivity index (χ4n) is 1.96. The summed E-state index contributed by atoms with van der Waals surface area (Å²) in [6.45, 7) is 9.00. The quantitative estimate of drug-likeness (QED) is 0.615. The Bertz CT molecular complexity index is 634. The van der Waals surface area contributed by atoms with E-state index < -0.39 is 0 Å². The average Bonchev–Trinajstić information content (AvgIpc) is 2.85. The third kappa shape index (κ3) is 4.21. The number of aryl methyl sites for hydroxylation is 1. The maximum atomic E-state index is 6.01. The second-order valence-electron chi connectivity index (χ2n) is 6.01. The molecule has 0 saturated heterocycles. The van der Waals surface area contributed by atoms with Crippen molar-refractivity contribution in [3.8, 4) is 5.75 Å². The van der Waals surface area contributed by atoms with E-state index in [-0.39, 0.29) is 5.41 Å². The van der Waals surface area contributed by atoms with Gasteiger partial charge in [-0.15, -0.1) is 22.9 Å². The van der Waals surface area contributed by atoms with Crippen molar-refractivity contribution in [2.75, 3.05) is 0 Å². The first kappa shape index (κ1) is 16.8. The van der Waals surface area contributed by atoms with E-state index in [0.717, 1.165) is 32.1 Å². The SMILES string of the molecule is Cc1cc(Br)cc(CCl)c1OCc1nc(C(C)(C)C)cs1. The van der Waals surface area contributed by atoms with Crippen LogP contribution in [0.15, 0.2) is 22.0 Å². The van der Waals surface area contributed by atoms with Gasteiger partial charge >= 0.3 is 0 Å². The van der Waals surface area contributed by atoms with Crippen LogP contribution in [0.4, 0.5) is 0 Å². The summed E-state index contributed by atoms with van der Waals surface area (Å²) in [5, 5.41) is 3.10. The highest BCUT2D eigenvalue weighted by molar-refractivity contribution is 9.10. The summed E-state index contributed by atoms with van der Waals surface area (Å²) in [6, 6.07) is 4.03. The van der Waals surface area contributed by atoms with Crippen molar-refractivity contribution in [2.45, 2.75) is 45.6 Å². The Morgan fingerprint density at radius 1 is 1.33 bits per heavy atom. The van der Waals surface area contributed by atoms with Crippen molar-refractivity contribution >= 4 is 38.9 Å². The molecule has 0 bridgehead atoms. The summed E-state index contributed by atoms with van der Waals surface area (Å²) in [5.74, 6) is 1.29. The predicted octanol–water partition coefficient (Wildman–Crippen LogP) is 5.83. The highest BCUT2D eigenvalue weighted by Gasteiger charge is 2.18. The predicted molar refractivity (Wildman–Crippen MR) is 93.6 cm³/mol.